The number of aliphatic hydroxyl groups excluding tert-OH is 3. The van der Waals surface area contributed by atoms with Crippen LogP contribution in [0.4, 0.5) is 0 Å². The molecule has 0 unspecified atom stereocenters. The van der Waals surface area contributed by atoms with E-state index in [1.165, 1.54) is 0 Å². The van der Waals surface area contributed by atoms with Gasteiger partial charge in [0, 0.05) is 55.2 Å². The molecule has 352 valence electrons. The van der Waals surface area contributed by atoms with Crippen molar-refractivity contribution in [1.82, 2.24) is 41.8 Å². The monoisotopic (exact) mass is 918 g/mol. The molecule has 64 heavy (non-hydrogen) atoms. The summed E-state index contributed by atoms with van der Waals surface area (Å²) in [6, 6.07) is -1.36. The minimum absolute atomic E-state index is 0.223. The van der Waals surface area contributed by atoms with Crippen molar-refractivity contribution in [3.8, 4) is 0 Å². The quantitative estimate of drug-likeness (QED) is 0.0783. The topological polar surface area (TPSA) is 364 Å². The predicted molar refractivity (Wildman–Crippen MR) is 230 cm³/mol. The number of para-hydroxylation sites is 1. The van der Waals surface area contributed by atoms with Gasteiger partial charge in [0.2, 0.25) is 41.4 Å². The molecule has 0 bridgehead atoms. The minimum atomic E-state index is -1.52. The molecule has 1 aromatic heterocycles. The number of amides is 7. The first-order valence-electron chi connectivity index (χ1n) is 20.9. The summed E-state index contributed by atoms with van der Waals surface area (Å²) in [6.45, 7) is 1.97. The first-order valence-corrected chi connectivity index (χ1v) is 21.9. The molecule has 9 atom stereocenters. The molecule has 1 fully saturated rings. The molecule has 7 amide bonds. The lowest BCUT2D eigenvalue weighted by Crippen LogP contribution is -2.58. The number of carbonyl (C=O) groups excluding carboxylic acids is 7. The zero-order valence-electron chi connectivity index (χ0n) is 35.7. The molecular weight excluding hydrogens is 861 g/mol. The second-order valence-corrected chi connectivity index (χ2v) is 17.0. The number of nitrogens with two attached hydrogens (primary N) is 1. The number of aliphatic hydroxyl groups is 3. The molecular formula is C40H58N10O13S. The summed E-state index contributed by atoms with van der Waals surface area (Å²) in [5.41, 5.74) is 7.30. The summed E-state index contributed by atoms with van der Waals surface area (Å²) >= 11 is 1.01. The number of hydrogen-bond donors (Lipinski definition) is 12. The molecule has 0 spiro atoms. The van der Waals surface area contributed by atoms with E-state index in [0.717, 1.165) is 16.7 Å². The van der Waals surface area contributed by atoms with Gasteiger partial charge in [-0.05, 0) is 29.9 Å². The molecule has 24 heteroatoms. The molecule has 23 nitrogen and oxygen atoms in total. The number of aromatic amines is 1. The number of nitrogens with one attached hydrogen (secondary N) is 7. The maximum absolute atomic E-state index is 14.2. The van der Waals surface area contributed by atoms with Crippen LogP contribution in [0.25, 0.3) is 10.9 Å². The number of benzene rings is 1. The van der Waals surface area contributed by atoms with Gasteiger partial charge in [-0.3, -0.25) is 33.6 Å². The zero-order valence-corrected chi connectivity index (χ0v) is 36.5. The predicted octanol–water partition coefficient (Wildman–Crippen LogP) is -3.20. The Balaban J connectivity index is 1.76. The van der Waals surface area contributed by atoms with E-state index in [1.807, 2.05) is 0 Å². The van der Waals surface area contributed by atoms with Crippen LogP contribution in [0.1, 0.15) is 45.6 Å². The zero-order chi connectivity index (χ0) is 47.2. The summed E-state index contributed by atoms with van der Waals surface area (Å²) in [4.78, 5) is 123. The number of rotatable bonds is 15. The van der Waals surface area contributed by atoms with Crippen molar-refractivity contribution in [2.75, 3.05) is 45.1 Å². The number of carboxylic acids is 1. The maximum Gasteiger partial charge on any atom is 0.326 e. The first-order chi connectivity index (χ1) is 30.4. The number of β-amino-alcohol motifs (C(OH)–C–C–N with tert-alkyl or cyclic N) is 1. The fraction of sp³-hybridized carbons (Fsp3) is 0.600. The van der Waals surface area contributed by atoms with Crippen molar-refractivity contribution >= 4 is 70.0 Å². The highest BCUT2D eigenvalue weighted by Gasteiger charge is 2.42. The molecule has 4 rings (SSSR count). The van der Waals surface area contributed by atoms with Crippen LogP contribution < -0.4 is 37.6 Å². The lowest BCUT2D eigenvalue weighted by molar-refractivity contribution is -0.149. The smallest absolute Gasteiger partial charge is 0.326 e. The fourth-order valence-corrected chi connectivity index (χ4v) is 8.51. The summed E-state index contributed by atoms with van der Waals surface area (Å²) < 4.78 is 0. The number of aliphatic carboxylic acids is 1. The van der Waals surface area contributed by atoms with Gasteiger partial charge in [-0.1, -0.05) is 50.6 Å². The van der Waals surface area contributed by atoms with Gasteiger partial charge < -0.3 is 67.9 Å². The SMILES string of the molecule is CC[C@H](C)[C@@H]1NC(=O)CNC(=O)[C@@H](NC(=O)[C@@H](N)[C@@H](C)C(CO)CO)Cc2c([nH]c3ccccc23)SC[C@@H](C(=O)N[C@@H](CCN=O)C(=O)N2C[C@H](O)C[C@H]2C(=O)O)NC(=O)CNC1=O. The number of hydrogen-bond acceptors (Lipinski definition) is 15. The van der Waals surface area contributed by atoms with E-state index in [4.69, 9.17) is 5.73 Å². The average Bonchev–Trinajstić information content (AvgIpc) is 3.85. The normalized spacial score (nSPS) is 23.5. The Hall–Kier alpha value is -5.69. The van der Waals surface area contributed by atoms with E-state index in [9.17, 15) is 63.7 Å². The summed E-state index contributed by atoms with van der Waals surface area (Å²) in [5, 5.41) is 58.4. The second kappa shape index (κ2) is 23.8. The molecule has 3 heterocycles. The third-order valence-corrected chi connectivity index (χ3v) is 12.7. The Morgan fingerprint density at radius 2 is 1.66 bits per heavy atom. The Bertz CT molecular complexity index is 2030. The first kappa shape index (κ1) is 50.9. The van der Waals surface area contributed by atoms with E-state index in [-0.39, 0.29) is 31.6 Å². The number of thioether (sulfide) groups is 1. The highest BCUT2D eigenvalue weighted by Crippen LogP contribution is 2.32. The highest BCUT2D eigenvalue weighted by molar-refractivity contribution is 7.99. The fourth-order valence-electron chi connectivity index (χ4n) is 7.40. The number of nitrogens with zero attached hydrogens (tertiary/aromatic N) is 2. The van der Waals surface area contributed by atoms with Gasteiger partial charge in [0.15, 0.2) is 0 Å². The Morgan fingerprint density at radius 3 is 2.30 bits per heavy atom. The molecule has 0 aliphatic carbocycles. The standard InChI is InChI=1S/C40H58N10O13S/c1-4-19(2)33-37(59)43-13-30(54)45-28(35(57)46-26(9-10-44-63)39(60)50-15-22(53)11-29(50)40(61)62)18-64-38-24(23-7-5-6-8-25(23)48-38)12-27(34(56)42-14-31(55)49-33)47-36(58)32(41)20(3)21(16-51)17-52/h5-8,19-22,26-29,32-33,48,51-53H,4,9-18,41H2,1-3H3,(H,42,56)(H,43,59)(H,45,54)(H,46,57)(H,47,58)(H,49,55)(H,61,62)/t19-,20-,22+,26-,27-,28-,29-,32-,33-/m0/s1. The molecule has 13 N–H and O–H groups in total. The van der Waals surface area contributed by atoms with Gasteiger partial charge in [-0.15, -0.1) is 11.8 Å². The number of carboxylic acid groups (broad SMARTS) is 1. The number of aromatic nitrogens is 1. The van der Waals surface area contributed by atoms with Gasteiger partial charge in [0.1, 0.15) is 30.2 Å². The van der Waals surface area contributed by atoms with E-state index < -0.39 is 140 Å². The van der Waals surface area contributed by atoms with Crippen LogP contribution in [-0.2, 0) is 44.8 Å². The van der Waals surface area contributed by atoms with E-state index in [0.29, 0.717) is 27.9 Å². The van der Waals surface area contributed by atoms with Crippen molar-refractivity contribution in [3.05, 3.63) is 34.7 Å². The Kier molecular flexibility index (Phi) is 19.0. The van der Waals surface area contributed by atoms with Crippen molar-refractivity contribution in [2.45, 2.75) is 93.8 Å². The van der Waals surface area contributed by atoms with Crippen molar-refractivity contribution in [1.29, 1.82) is 0 Å². The Labute approximate surface area is 372 Å². The van der Waals surface area contributed by atoms with E-state index >= 15 is 0 Å². The molecule has 2 aliphatic rings. The Morgan fingerprint density at radius 1 is 1.00 bits per heavy atom. The van der Waals surface area contributed by atoms with Crippen LogP contribution in [0.3, 0.4) is 0 Å². The van der Waals surface area contributed by atoms with Crippen LogP contribution in [-0.4, -0.2) is 165 Å². The largest absolute Gasteiger partial charge is 0.480 e. The minimum Gasteiger partial charge on any atom is -0.480 e. The van der Waals surface area contributed by atoms with Crippen LogP contribution in [0.15, 0.2) is 34.5 Å². The van der Waals surface area contributed by atoms with Gasteiger partial charge in [-0.25, -0.2) is 4.79 Å². The number of fused-ring (bicyclic) bond motifs is 3. The summed E-state index contributed by atoms with van der Waals surface area (Å²) in [5.74, 6) is -9.47. The third kappa shape index (κ3) is 13.2. The van der Waals surface area contributed by atoms with E-state index in [2.05, 4.69) is 42.1 Å². The summed E-state index contributed by atoms with van der Waals surface area (Å²) in [7, 11) is 0. The molecule has 0 radical (unpaired) electrons. The highest BCUT2D eigenvalue weighted by atomic mass is 32.2. The van der Waals surface area contributed by atoms with Crippen LogP contribution >= 0.6 is 11.8 Å². The van der Waals surface area contributed by atoms with Gasteiger partial charge in [0.05, 0.1) is 36.8 Å². The lowest BCUT2D eigenvalue weighted by atomic mass is 9.88. The number of H-pyrrole nitrogens is 1. The average molecular weight is 919 g/mol. The van der Waals surface area contributed by atoms with Crippen molar-refractivity contribution in [3.63, 3.8) is 0 Å². The molecule has 0 saturated carbocycles. The second-order valence-electron chi connectivity index (χ2n) is 16.0. The molecule has 1 saturated heterocycles. The molecule has 2 aliphatic heterocycles. The van der Waals surface area contributed by atoms with Gasteiger partial charge >= 0.3 is 5.97 Å². The lowest BCUT2D eigenvalue weighted by Gasteiger charge is -2.28. The van der Waals surface area contributed by atoms with Gasteiger partial charge in [-0.2, -0.15) is 4.91 Å². The maximum atomic E-state index is 14.2. The van der Waals surface area contributed by atoms with Crippen LogP contribution in [0.2, 0.25) is 0 Å². The third-order valence-electron chi connectivity index (χ3n) is 11.6. The molecule has 2 aromatic rings. The summed E-state index contributed by atoms with van der Waals surface area (Å²) in [6.07, 6.45) is -1.61. The van der Waals surface area contributed by atoms with Crippen molar-refractivity contribution < 1.29 is 58.8 Å². The number of carbonyl (C=O) groups is 8. The van der Waals surface area contributed by atoms with Gasteiger partial charge in [0.25, 0.3) is 0 Å². The van der Waals surface area contributed by atoms with Crippen LogP contribution in [0, 0.1) is 22.7 Å². The van der Waals surface area contributed by atoms with E-state index in [1.54, 1.807) is 45.0 Å². The van der Waals surface area contributed by atoms with Crippen molar-refractivity contribution in [2.24, 2.45) is 28.7 Å². The van der Waals surface area contributed by atoms with Crippen LogP contribution in [0.5, 0.6) is 0 Å². The number of likely N-dealkylation sites (tertiary alicyclic amines) is 1. The molecule has 1 aromatic carbocycles. The number of nitroso groups, excluding NO2 is 1.